The van der Waals surface area contributed by atoms with Crippen LogP contribution in [0.15, 0.2) is 11.4 Å². The SMILES string of the molecule is CC[NH+](CC)CCNC(=O)C1CC[NH+](Cc2sccc2C)CC1. The van der Waals surface area contributed by atoms with Crippen molar-refractivity contribution in [1.82, 2.24) is 5.32 Å². The Bertz CT molecular complexity index is 476. The van der Waals surface area contributed by atoms with Crippen molar-refractivity contribution in [3.8, 4) is 0 Å². The van der Waals surface area contributed by atoms with Crippen LogP contribution in [0.25, 0.3) is 0 Å². The minimum absolute atomic E-state index is 0.231. The van der Waals surface area contributed by atoms with E-state index in [1.165, 1.54) is 10.4 Å². The van der Waals surface area contributed by atoms with E-state index in [0.717, 1.165) is 58.7 Å². The summed E-state index contributed by atoms with van der Waals surface area (Å²) in [5.74, 6) is 0.512. The molecule has 130 valence electrons. The Kier molecular flexibility index (Phi) is 7.53. The average molecular weight is 340 g/mol. The first-order chi connectivity index (χ1) is 11.1. The van der Waals surface area contributed by atoms with Gasteiger partial charge in [0.1, 0.15) is 6.54 Å². The maximum Gasteiger partial charge on any atom is 0.223 e. The fourth-order valence-corrected chi connectivity index (χ4v) is 4.37. The molecule has 0 aromatic carbocycles. The summed E-state index contributed by atoms with van der Waals surface area (Å²) in [5, 5.41) is 5.34. The van der Waals surface area contributed by atoms with Gasteiger partial charge in [-0.15, -0.1) is 11.3 Å². The number of nitrogens with one attached hydrogen (secondary N) is 3. The number of quaternary nitrogens is 2. The lowest BCUT2D eigenvalue weighted by Crippen LogP contribution is -3.12. The zero-order valence-corrected chi connectivity index (χ0v) is 15.7. The molecule has 1 aliphatic heterocycles. The molecule has 0 unspecified atom stereocenters. The van der Waals surface area contributed by atoms with Gasteiger partial charge in [-0.05, 0) is 37.8 Å². The van der Waals surface area contributed by atoms with Crippen molar-refractivity contribution in [1.29, 1.82) is 0 Å². The molecule has 2 rings (SSSR count). The topological polar surface area (TPSA) is 38.0 Å². The van der Waals surface area contributed by atoms with E-state index in [-0.39, 0.29) is 11.8 Å². The molecule has 0 saturated carbocycles. The van der Waals surface area contributed by atoms with Crippen LogP contribution in [0.2, 0.25) is 0 Å². The summed E-state index contributed by atoms with van der Waals surface area (Å²) in [5.41, 5.74) is 1.42. The number of rotatable bonds is 8. The lowest BCUT2D eigenvalue weighted by Gasteiger charge is -2.28. The summed E-state index contributed by atoms with van der Waals surface area (Å²) in [7, 11) is 0. The van der Waals surface area contributed by atoms with Crippen molar-refractivity contribution < 1.29 is 14.6 Å². The van der Waals surface area contributed by atoms with Crippen LogP contribution in [0.1, 0.15) is 37.1 Å². The quantitative estimate of drug-likeness (QED) is 0.608. The first-order valence-electron chi connectivity index (χ1n) is 9.11. The number of amides is 1. The summed E-state index contributed by atoms with van der Waals surface area (Å²) in [6.07, 6.45) is 2.06. The van der Waals surface area contributed by atoms with Gasteiger partial charge in [0.05, 0.1) is 44.1 Å². The second-order valence-electron chi connectivity index (χ2n) is 6.73. The highest BCUT2D eigenvalue weighted by Crippen LogP contribution is 2.15. The van der Waals surface area contributed by atoms with Gasteiger partial charge < -0.3 is 15.1 Å². The molecule has 2 heterocycles. The van der Waals surface area contributed by atoms with E-state index in [0.29, 0.717) is 0 Å². The molecule has 4 nitrogen and oxygen atoms in total. The minimum atomic E-state index is 0.231. The summed E-state index contributed by atoms with van der Waals surface area (Å²) in [6, 6.07) is 2.21. The second kappa shape index (κ2) is 9.40. The highest BCUT2D eigenvalue weighted by atomic mass is 32.1. The van der Waals surface area contributed by atoms with Gasteiger partial charge in [0.15, 0.2) is 0 Å². The number of hydrogen-bond acceptors (Lipinski definition) is 2. The normalized spacial score (nSPS) is 21.6. The molecular weight excluding hydrogens is 306 g/mol. The molecule has 5 heteroatoms. The van der Waals surface area contributed by atoms with Crippen molar-refractivity contribution in [3.63, 3.8) is 0 Å². The maximum absolute atomic E-state index is 12.3. The standard InChI is InChI=1S/C18H31N3OS/c1-4-20(5-2)12-9-19-18(22)16-6-10-21(11-7-16)14-17-15(3)8-13-23-17/h8,13,16H,4-7,9-12,14H2,1-3H3,(H,19,22)/p+2. The van der Waals surface area contributed by atoms with Crippen molar-refractivity contribution in [2.24, 2.45) is 5.92 Å². The van der Waals surface area contributed by atoms with Crippen LogP contribution in [0.3, 0.4) is 0 Å². The van der Waals surface area contributed by atoms with Gasteiger partial charge in [-0.3, -0.25) is 4.79 Å². The lowest BCUT2D eigenvalue weighted by molar-refractivity contribution is -0.919. The second-order valence-corrected chi connectivity index (χ2v) is 7.73. The van der Waals surface area contributed by atoms with Gasteiger partial charge in [0.2, 0.25) is 5.91 Å². The van der Waals surface area contributed by atoms with Crippen LogP contribution >= 0.6 is 11.3 Å². The molecule has 1 saturated heterocycles. The number of carbonyl (C=O) groups is 1. The fourth-order valence-electron chi connectivity index (χ4n) is 3.39. The van der Waals surface area contributed by atoms with Gasteiger partial charge in [-0.2, -0.15) is 0 Å². The average Bonchev–Trinajstić information content (AvgIpc) is 2.97. The zero-order chi connectivity index (χ0) is 16.7. The van der Waals surface area contributed by atoms with Crippen LogP contribution in [-0.4, -0.2) is 45.2 Å². The molecule has 0 bridgehead atoms. The van der Waals surface area contributed by atoms with Crippen LogP contribution in [0.5, 0.6) is 0 Å². The predicted molar refractivity (Wildman–Crippen MR) is 96.1 cm³/mol. The number of carbonyl (C=O) groups excluding carboxylic acids is 1. The van der Waals surface area contributed by atoms with Crippen LogP contribution in [0, 0.1) is 12.8 Å². The van der Waals surface area contributed by atoms with Gasteiger partial charge in [0.25, 0.3) is 0 Å². The van der Waals surface area contributed by atoms with Gasteiger partial charge in [0, 0.05) is 18.8 Å². The van der Waals surface area contributed by atoms with Gasteiger partial charge in [-0.1, -0.05) is 0 Å². The molecule has 0 atom stereocenters. The first kappa shape index (κ1) is 18.4. The molecular formula is C18H33N3OS+2. The number of likely N-dealkylation sites (N-methyl/N-ethyl adjacent to an activating group) is 1. The Balaban J connectivity index is 1.67. The van der Waals surface area contributed by atoms with Crippen LogP contribution in [0.4, 0.5) is 0 Å². The fraction of sp³-hybridized carbons (Fsp3) is 0.722. The predicted octanol–water partition coefficient (Wildman–Crippen LogP) is -0.108. The van der Waals surface area contributed by atoms with E-state index >= 15 is 0 Å². The van der Waals surface area contributed by atoms with Crippen molar-refractivity contribution >= 4 is 17.2 Å². The lowest BCUT2D eigenvalue weighted by atomic mass is 9.96. The van der Waals surface area contributed by atoms with E-state index < -0.39 is 0 Å². The van der Waals surface area contributed by atoms with Crippen LogP contribution in [-0.2, 0) is 11.3 Å². The maximum atomic E-state index is 12.3. The molecule has 0 spiro atoms. The van der Waals surface area contributed by atoms with E-state index in [1.54, 1.807) is 9.80 Å². The van der Waals surface area contributed by atoms with Crippen molar-refractivity contribution in [2.75, 3.05) is 39.3 Å². The van der Waals surface area contributed by atoms with Crippen molar-refractivity contribution in [3.05, 3.63) is 21.9 Å². The largest absolute Gasteiger partial charge is 0.350 e. The van der Waals surface area contributed by atoms with Crippen molar-refractivity contribution in [2.45, 2.75) is 40.2 Å². The third-order valence-electron chi connectivity index (χ3n) is 5.22. The molecule has 0 radical (unpaired) electrons. The summed E-state index contributed by atoms with van der Waals surface area (Å²) >= 11 is 1.87. The Morgan fingerprint density at radius 2 is 2.04 bits per heavy atom. The minimum Gasteiger partial charge on any atom is -0.350 e. The summed E-state index contributed by atoms with van der Waals surface area (Å²) < 4.78 is 0. The molecule has 23 heavy (non-hydrogen) atoms. The Morgan fingerprint density at radius 3 is 2.61 bits per heavy atom. The zero-order valence-electron chi connectivity index (χ0n) is 14.9. The number of likely N-dealkylation sites (tertiary alicyclic amines) is 1. The third-order valence-corrected chi connectivity index (χ3v) is 6.24. The van der Waals surface area contributed by atoms with E-state index in [1.807, 2.05) is 11.3 Å². The van der Waals surface area contributed by atoms with E-state index in [4.69, 9.17) is 0 Å². The Labute approximate surface area is 144 Å². The molecule has 1 aromatic rings. The van der Waals surface area contributed by atoms with Gasteiger partial charge >= 0.3 is 0 Å². The molecule has 1 fully saturated rings. The molecule has 1 amide bonds. The number of aryl methyl sites for hydroxylation is 1. The summed E-state index contributed by atoms with van der Waals surface area (Å²) in [6.45, 7) is 14.1. The highest BCUT2D eigenvalue weighted by molar-refractivity contribution is 7.10. The molecule has 1 aliphatic rings. The number of hydrogen-bond donors (Lipinski definition) is 3. The molecule has 0 aliphatic carbocycles. The summed E-state index contributed by atoms with van der Waals surface area (Å²) in [4.78, 5) is 17.0. The van der Waals surface area contributed by atoms with E-state index in [2.05, 4.69) is 37.5 Å². The Morgan fingerprint density at radius 1 is 1.35 bits per heavy atom. The highest BCUT2D eigenvalue weighted by Gasteiger charge is 2.27. The smallest absolute Gasteiger partial charge is 0.223 e. The third kappa shape index (κ3) is 5.59. The van der Waals surface area contributed by atoms with E-state index in [9.17, 15) is 4.79 Å². The molecule has 1 aromatic heterocycles. The number of piperidine rings is 1. The first-order valence-corrected chi connectivity index (χ1v) is 9.99. The number of thiophene rings is 1. The van der Waals surface area contributed by atoms with Gasteiger partial charge in [-0.25, -0.2) is 0 Å². The molecule has 3 N–H and O–H groups in total. The van der Waals surface area contributed by atoms with Crippen LogP contribution < -0.4 is 15.1 Å². The Hall–Kier alpha value is -0.910. The monoisotopic (exact) mass is 339 g/mol.